The topological polar surface area (TPSA) is 43.4 Å². The molecule has 1 unspecified atom stereocenters. The Balaban J connectivity index is 2.86. The van der Waals surface area contributed by atoms with Crippen LogP contribution >= 0.6 is 0 Å². The molecule has 1 fully saturated rings. The van der Waals surface area contributed by atoms with Gasteiger partial charge in [0.25, 0.3) is 0 Å². The first-order chi connectivity index (χ1) is 6.17. The molecule has 1 aliphatic carbocycles. The third kappa shape index (κ3) is 1.60. The zero-order chi connectivity index (χ0) is 9.90. The molecule has 3 heteroatoms. The number of ketones is 1. The molecular formula is C10H16O3. The van der Waals surface area contributed by atoms with Crippen LogP contribution in [0.4, 0.5) is 0 Å². The minimum Gasteiger partial charge on any atom is -0.468 e. The normalized spacial score (nSPS) is 27.7. The van der Waals surface area contributed by atoms with E-state index in [4.69, 9.17) is 4.74 Å². The van der Waals surface area contributed by atoms with Crippen molar-refractivity contribution in [3.8, 4) is 0 Å². The highest BCUT2D eigenvalue weighted by molar-refractivity contribution is 6.05. The van der Waals surface area contributed by atoms with E-state index in [-0.39, 0.29) is 11.8 Å². The number of methoxy groups -OCH3 is 1. The fourth-order valence-corrected chi connectivity index (χ4v) is 2.13. The van der Waals surface area contributed by atoms with Crippen LogP contribution in [0.2, 0.25) is 0 Å². The molecule has 74 valence electrons. The summed E-state index contributed by atoms with van der Waals surface area (Å²) in [5, 5.41) is 0. The largest absolute Gasteiger partial charge is 0.468 e. The second kappa shape index (κ2) is 3.90. The highest BCUT2D eigenvalue weighted by Crippen LogP contribution is 2.39. The van der Waals surface area contributed by atoms with Crippen molar-refractivity contribution in [2.24, 2.45) is 5.41 Å². The van der Waals surface area contributed by atoms with Crippen LogP contribution in [0.5, 0.6) is 0 Å². The lowest BCUT2D eigenvalue weighted by Crippen LogP contribution is -2.36. The number of carbonyl (C=O) groups is 2. The number of esters is 1. The molecule has 0 bridgehead atoms. The summed E-state index contributed by atoms with van der Waals surface area (Å²) in [6.07, 6.45) is 3.52. The van der Waals surface area contributed by atoms with Gasteiger partial charge >= 0.3 is 5.97 Å². The Kier molecular flexibility index (Phi) is 3.07. The van der Waals surface area contributed by atoms with Gasteiger partial charge < -0.3 is 4.74 Å². The molecule has 1 saturated carbocycles. The van der Waals surface area contributed by atoms with Gasteiger partial charge in [0, 0.05) is 6.42 Å². The van der Waals surface area contributed by atoms with Crippen molar-refractivity contribution < 1.29 is 14.3 Å². The Morgan fingerprint density at radius 2 is 2.31 bits per heavy atom. The number of hydrogen-bond acceptors (Lipinski definition) is 3. The van der Waals surface area contributed by atoms with Crippen molar-refractivity contribution >= 4 is 11.8 Å². The first-order valence-corrected chi connectivity index (χ1v) is 4.79. The molecule has 0 aromatic carbocycles. The van der Waals surface area contributed by atoms with E-state index < -0.39 is 5.41 Å². The molecule has 0 aromatic heterocycles. The number of hydrogen-bond donors (Lipinski definition) is 0. The third-order valence-electron chi connectivity index (χ3n) is 2.79. The summed E-state index contributed by atoms with van der Waals surface area (Å²) < 4.78 is 4.70. The zero-order valence-corrected chi connectivity index (χ0v) is 8.26. The molecule has 0 aromatic rings. The van der Waals surface area contributed by atoms with E-state index in [9.17, 15) is 9.59 Å². The molecule has 1 rings (SSSR count). The van der Waals surface area contributed by atoms with E-state index in [2.05, 4.69) is 0 Å². The zero-order valence-electron chi connectivity index (χ0n) is 8.26. The number of ether oxygens (including phenoxy) is 1. The van der Waals surface area contributed by atoms with E-state index in [0.717, 1.165) is 12.8 Å². The molecule has 0 spiro atoms. The van der Waals surface area contributed by atoms with Crippen LogP contribution in [0.1, 0.15) is 39.0 Å². The summed E-state index contributed by atoms with van der Waals surface area (Å²) in [5.74, 6) is -0.266. The van der Waals surface area contributed by atoms with Crippen molar-refractivity contribution in [3.63, 3.8) is 0 Å². The monoisotopic (exact) mass is 184 g/mol. The van der Waals surface area contributed by atoms with Crippen molar-refractivity contribution in [3.05, 3.63) is 0 Å². The second-order valence-electron chi connectivity index (χ2n) is 3.60. The SMILES string of the molecule is CCCC1(C(=O)OC)CCCC1=O. The van der Waals surface area contributed by atoms with Gasteiger partial charge in [0.05, 0.1) is 7.11 Å². The minimum atomic E-state index is -0.788. The molecule has 0 saturated heterocycles. The Morgan fingerprint density at radius 3 is 2.69 bits per heavy atom. The lowest BCUT2D eigenvalue weighted by atomic mass is 9.81. The molecule has 0 radical (unpaired) electrons. The standard InChI is InChI=1S/C10H16O3/c1-3-6-10(9(12)13-2)7-4-5-8(10)11/h3-7H2,1-2H3. The highest BCUT2D eigenvalue weighted by Gasteiger charge is 2.48. The summed E-state index contributed by atoms with van der Waals surface area (Å²) >= 11 is 0. The molecule has 3 nitrogen and oxygen atoms in total. The Morgan fingerprint density at radius 1 is 1.62 bits per heavy atom. The van der Waals surface area contributed by atoms with E-state index in [1.807, 2.05) is 6.92 Å². The molecule has 1 atom stereocenters. The van der Waals surface area contributed by atoms with E-state index in [1.54, 1.807) is 0 Å². The van der Waals surface area contributed by atoms with Gasteiger partial charge in [-0.15, -0.1) is 0 Å². The van der Waals surface area contributed by atoms with Crippen LogP contribution in [-0.2, 0) is 14.3 Å². The molecular weight excluding hydrogens is 168 g/mol. The minimum absolute atomic E-state index is 0.0706. The third-order valence-corrected chi connectivity index (χ3v) is 2.79. The predicted octanol–water partition coefficient (Wildman–Crippen LogP) is 1.70. The van der Waals surface area contributed by atoms with E-state index in [0.29, 0.717) is 19.3 Å². The smallest absolute Gasteiger partial charge is 0.319 e. The van der Waals surface area contributed by atoms with Crippen LogP contribution in [0.3, 0.4) is 0 Å². The Hall–Kier alpha value is -0.860. The quantitative estimate of drug-likeness (QED) is 0.495. The van der Waals surface area contributed by atoms with Crippen molar-refractivity contribution in [1.29, 1.82) is 0 Å². The van der Waals surface area contributed by atoms with Crippen molar-refractivity contribution in [1.82, 2.24) is 0 Å². The fraction of sp³-hybridized carbons (Fsp3) is 0.800. The second-order valence-corrected chi connectivity index (χ2v) is 3.60. The maximum Gasteiger partial charge on any atom is 0.319 e. The van der Waals surface area contributed by atoms with E-state index >= 15 is 0 Å². The molecule has 0 amide bonds. The first-order valence-electron chi connectivity index (χ1n) is 4.79. The molecule has 0 heterocycles. The lowest BCUT2D eigenvalue weighted by molar-refractivity contribution is -0.157. The Labute approximate surface area is 78.5 Å². The summed E-state index contributed by atoms with van der Waals surface area (Å²) in [6, 6.07) is 0. The average Bonchev–Trinajstić information content (AvgIpc) is 2.48. The fourth-order valence-electron chi connectivity index (χ4n) is 2.13. The van der Waals surface area contributed by atoms with Crippen LogP contribution in [-0.4, -0.2) is 18.9 Å². The maximum atomic E-state index is 11.6. The molecule has 0 N–H and O–H groups in total. The van der Waals surface area contributed by atoms with Gasteiger partial charge in [-0.3, -0.25) is 9.59 Å². The number of carbonyl (C=O) groups excluding carboxylic acids is 2. The van der Waals surface area contributed by atoms with Crippen LogP contribution < -0.4 is 0 Å². The van der Waals surface area contributed by atoms with Gasteiger partial charge in [0.1, 0.15) is 11.2 Å². The molecule has 13 heavy (non-hydrogen) atoms. The van der Waals surface area contributed by atoms with Gasteiger partial charge in [-0.05, 0) is 19.3 Å². The molecule has 0 aliphatic heterocycles. The lowest BCUT2D eigenvalue weighted by Gasteiger charge is -2.23. The summed E-state index contributed by atoms with van der Waals surface area (Å²) in [7, 11) is 1.35. The summed E-state index contributed by atoms with van der Waals surface area (Å²) in [4.78, 5) is 23.1. The van der Waals surface area contributed by atoms with Gasteiger partial charge in [0.15, 0.2) is 0 Å². The van der Waals surface area contributed by atoms with Crippen LogP contribution in [0.15, 0.2) is 0 Å². The average molecular weight is 184 g/mol. The van der Waals surface area contributed by atoms with Gasteiger partial charge in [-0.1, -0.05) is 13.3 Å². The number of rotatable bonds is 3. The van der Waals surface area contributed by atoms with Gasteiger partial charge in [0.2, 0.25) is 0 Å². The first kappa shape index (κ1) is 10.2. The molecule has 1 aliphatic rings. The highest BCUT2D eigenvalue weighted by atomic mass is 16.5. The summed E-state index contributed by atoms with van der Waals surface area (Å²) in [5.41, 5.74) is -0.788. The van der Waals surface area contributed by atoms with Gasteiger partial charge in [-0.25, -0.2) is 0 Å². The van der Waals surface area contributed by atoms with E-state index in [1.165, 1.54) is 7.11 Å². The number of Topliss-reactive ketones (excluding diaryl/α,β-unsaturated/α-hetero) is 1. The van der Waals surface area contributed by atoms with Crippen LogP contribution in [0, 0.1) is 5.41 Å². The predicted molar refractivity (Wildman–Crippen MR) is 48.2 cm³/mol. The van der Waals surface area contributed by atoms with Gasteiger partial charge in [-0.2, -0.15) is 0 Å². The summed E-state index contributed by atoms with van der Waals surface area (Å²) in [6.45, 7) is 1.98. The van der Waals surface area contributed by atoms with Crippen molar-refractivity contribution in [2.45, 2.75) is 39.0 Å². The van der Waals surface area contributed by atoms with Crippen molar-refractivity contribution in [2.75, 3.05) is 7.11 Å². The van der Waals surface area contributed by atoms with Crippen LogP contribution in [0.25, 0.3) is 0 Å². The maximum absolute atomic E-state index is 11.6. The Bertz CT molecular complexity index is 222.